The van der Waals surface area contributed by atoms with E-state index in [1.807, 2.05) is 18.2 Å². The SMILES string of the molecule is CC(C)(C)Cc1nc2c(n1Cc1ccc(-c3ccccc3-c3nnn[nH]3)cc1)C(=S)N=NC2=S. The number of rotatable bonds is 5. The molecule has 8 nitrogen and oxygen atoms in total. The number of hydrogen-bond donors (Lipinski definition) is 1. The predicted octanol–water partition coefficient (Wildman–Crippen LogP) is 5.18. The van der Waals surface area contributed by atoms with Gasteiger partial charge in [-0.25, -0.2) is 10.1 Å². The third-order valence-electron chi connectivity index (χ3n) is 5.51. The molecule has 0 amide bonds. The van der Waals surface area contributed by atoms with Crippen LogP contribution in [0.15, 0.2) is 58.8 Å². The maximum absolute atomic E-state index is 5.51. The lowest BCUT2D eigenvalue weighted by atomic mass is 9.92. The molecule has 34 heavy (non-hydrogen) atoms. The first-order valence-corrected chi connectivity index (χ1v) is 11.6. The lowest BCUT2D eigenvalue weighted by molar-refractivity contribution is 0.393. The topological polar surface area (TPSA) is 97.0 Å². The van der Waals surface area contributed by atoms with Crippen molar-refractivity contribution < 1.29 is 0 Å². The highest BCUT2D eigenvalue weighted by Gasteiger charge is 2.28. The van der Waals surface area contributed by atoms with E-state index in [4.69, 9.17) is 29.4 Å². The van der Waals surface area contributed by atoms with Crippen molar-refractivity contribution in [3.8, 4) is 22.5 Å². The summed E-state index contributed by atoms with van der Waals surface area (Å²) in [4.78, 5) is 5.63. The number of azo groups is 1. The molecule has 5 rings (SSSR count). The van der Waals surface area contributed by atoms with Gasteiger partial charge in [0.1, 0.15) is 17.2 Å². The number of benzene rings is 2. The molecule has 10 heteroatoms. The van der Waals surface area contributed by atoms with Crippen LogP contribution in [0, 0.1) is 5.41 Å². The minimum Gasteiger partial charge on any atom is -0.321 e. The maximum Gasteiger partial charge on any atom is 0.180 e. The van der Waals surface area contributed by atoms with Crippen molar-refractivity contribution in [3.63, 3.8) is 0 Å². The lowest BCUT2D eigenvalue weighted by Gasteiger charge is -2.19. The fourth-order valence-electron chi connectivity index (χ4n) is 4.02. The molecule has 0 unspecified atom stereocenters. The van der Waals surface area contributed by atoms with E-state index in [9.17, 15) is 0 Å². The molecule has 0 bridgehead atoms. The van der Waals surface area contributed by atoms with Crippen LogP contribution in [0.4, 0.5) is 0 Å². The summed E-state index contributed by atoms with van der Waals surface area (Å²) in [5.74, 6) is 1.57. The van der Waals surface area contributed by atoms with Crippen LogP contribution in [0.25, 0.3) is 22.5 Å². The highest BCUT2D eigenvalue weighted by atomic mass is 32.1. The van der Waals surface area contributed by atoms with Crippen LogP contribution in [0.1, 0.15) is 43.5 Å². The molecule has 4 aromatic rings. The Morgan fingerprint density at radius 2 is 1.62 bits per heavy atom. The van der Waals surface area contributed by atoms with Gasteiger partial charge in [0.15, 0.2) is 15.8 Å². The van der Waals surface area contributed by atoms with Gasteiger partial charge in [-0.05, 0) is 32.5 Å². The summed E-state index contributed by atoms with van der Waals surface area (Å²) in [6.45, 7) is 7.17. The molecule has 170 valence electrons. The Morgan fingerprint density at radius 1 is 0.912 bits per heavy atom. The second kappa shape index (κ2) is 8.69. The molecule has 0 saturated heterocycles. The van der Waals surface area contributed by atoms with E-state index in [-0.39, 0.29) is 5.41 Å². The van der Waals surface area contributed by atoms with Crippen LogP contribution in [-0.4, -0.2) is 40.2 Å². The van der Waals surface area contributed by atoms with E-state index in [1.54, 1.807) is 0 Å². The van der Waals surface area contributed by atoms with Crippen LogP contribution in [0.3, 0.4) is 0 Å². The molecule has 2 aromatic heterocycles. The van der Waals surface area contributed by atoms with Gasteiger partial charge in [-0.3, -0.25) is 0 Å². The summed E-state index contributed by atoms with van der Waals surface area (Å²) in [5, 5.41) is 22.4. The summed E-state index contributed by atoms with van der Waals surface area (Å²) in [7, 11) is 0. The molecule has 0 fully saturated rings. The number of thiocarbonyl (C=S) groups is 2. The van der Waals surface area contributed by atoms with Crippen molar-refractivity contribution in [3.05, 3.63) is 71.3 Å². The van der Waals surface area contributed by atoms with Crippen LogP contribution < -0.4 is 0 Å². The van der Waals surface area contributed by atoms with Gasteiger partial charge in [-0.15, -0.1) is 15.3 Å². The second-order valence-electron chi connectivity index (χ2n) is 9.35. The van der Waals surface area contributed by atoms with Crippen LogP contribution in [0.2, 0.25) is 0 Å². The van der Waals surface area contributed by atoms with Crippen molar-refractivity contribution >= 4 is 34.4 Å². The minimum absolute atomic E-state index is 0.0480. The number of aromatic nitrogens is 6. The summed E-state index contributed by atoms with van der Waals surface area (Å²) >= 11 is 10.9. The van der Waals surface area contributed by atoms with E-state index in [2.05, 4.69) is 86.5 Å². The zero-order chi connectivity index (χ0) is 23.9. The first kappa shape index (κ1) is 22.3. The van der Waals surface area contributed by atoms with E-state index < -0.39 is 0 Å². The number of imidazole rings is 1. The summed E-state index contributed by atoms with van der Waals surface area (Å²) in [6.07, 6.45) is 0.780. The van der Waals surface area contributed by atoms with E-state index in [0.29, 0.717) is 28.0 Å². The number of nitrogens with zero attached hydrogens (tertiary/aromatic N) is 7. The Kier molecular flexibility index (Phi) is 5.70. The Morgan fingerprint density at radius 3 is 2.29 bits per heavy atom. The van der Waals surface area contributed by atoms with Crippen LogP contribution >= 0.6 is 24.4 Å². The van der Waals surface area contributed by atoms with E-state index in [1.165, 1.54) is 0 Å². The molecule has 0 atom stereocenters. The fourth-order valence-corrected chi connectivity index (χ4v) is 4.45. The van der Waals surface area contributed by atoms with Gasteiger partial charge < -0.3 is 4.57 Å². The summed E-state index contributed by atoms with van der Waals surface area (Å²) in [5.41, 5.74) is 5.67. The first-order chi connectivity index (χ1) is 16.3. The molecule has 3 heterocycles. The second-order valence-corrected chi connectivity index (χ2v) is 10.1. The van der Waals surface area contributed by atoms with Gasteiger partial charge in [-0.2, -0.15) is 0 Å². The molecule has 2 aromatic carbocycles. The summed E-state index contributed by atoms with van der Waals surface area (Å²) < 4.78 is 2.14. The maximum atomic E-state index is 5.51. The zero-order valence-corrected chi connectivity index (χ0v) is 20.6. The largest absolute Gasteiger partial charge is 0.321 e. The summed E-state index contributed by atoms with van der Waals surface area (Å²) in [6, 6.07) is 16.5. The average Bonchev–Trinajstić information content (AvgIpc) is 3.46. The van der Waals surface area contributed by atoms with Gasteiger partial charge >= 0.3 is 0 Å². The number of H-pyrrole nitrogens is 1. The third kappa shape index (κ3) is 4.34. The van der Waals surface area contributed by atoms with Crippen LogP contribution in [0.5, 0.6) is 0 Å². The average molecular weight is 487 g/mol. The Hall–Kier alpha value is -3.50. The number of tetrazole rings is 1. The van der Waals surface area contributed by atoms with Crippen molar-refractivity contribution in [2.24, 2.45) is 15.6 Å². The molecular weight excluding hydrogens is 464 g/mol. The monoisotopic (exact) mass is 486 g/mol. The minimum atomic E-state index is 0.0480. The third-order valence-corrected chi connectivity index (χ3v) is 6.06. The lowest BCUT2D eigenvalue weighted by Crippen LogP contribution is -2.18. The molecular formula is C24H22N8S2. The molecule has 0 aliphatic carbocycles. The van der Waals surface area contributed by atoms with Crippen molar-refractivity contribution in [2.45, 2.75) is 33.7 Å². The number of fused-ring (bicyclic) bond motifs is 1. The van der Waals surface area contributed by atoms with E-state index >= 15 is 0 Å². The van der Waals surface area contributed by atoms with Crippen molar-refractivity contribution in [2.75, 3.05) is 0 Å². The predicted molar refractivity (Wildman–Crippen MR) is 138 cm³/mol. The number of hydrogen-bond acceptors (Lipinski definition) is 6. The van der Waals surface area contributed by atoms with Gasteiger partial charge in [-0.1, -0.05) is 93.7 Å². The highest BCUT2D eigenvalue weighted by molar-refractivity contribution is 7.81. The number of nitrogens with one attached hydrogen (secondary N) is 1. The Bertz CT molecular complexity index is 1410. The van der Waals surface area contributed by atoms with Gasteiger partial charge in [0.25, 0.3) is 0 Å². The van der Waals surface area contributed by atoms with Gasteiger partial charge in [0.2, 0.25) is 0 Å². The Balaban J connectivity index is 1.50. The molecule has 1 aliphatic heterocycles. The quantitative estimate of drug-likeness (QED) is 0.390. The molecule has 1 aliphatic rings. The zero-order valence-electron chi connectivity index (χ0n) is 19.0. The molecule has 0 saturated carbocycles. The van der Waals surface area contributed by atoms with Gasteiger partial charge in [0, 0.05) is 18.5 Å². The van der Waals surface area contributed by atoms with Crippen LogP contribution in [-0.2, 0) is 13.0 Å². The van der Waals surface area contributed by atoms with Crippen molar-refractivity contribution in [1.29, 1.82) is 0 Å². The fraction of sp³-hybridized carbons (Fsp3) is 0.250. The van der Waals surface area contributed by atoms with Gasteiger partial charge in [0.05, 0.1) is 0 Å². The highest BCUT2D eigenvalue weighted by Crippen LogP contribution is 2.31. The first-order valence-electron chi connectivity index (χ1n) is 10.8. The molecule has 1 N–H and O–H groups in total. The molecule has 0 spiro atoms. The van der Waals surface area contributed by atoms with E-state index in [0.717, 1.165) is 40.2 Å². The standard InChI is InChI=1S/C24H22N8S2/c1-24(2,3)12-18-25-19-20(23(34)29-28-22(19)33)32(18)13-14-8-10-15(11-9-14)16-6-4-5-7-17(16)21-26-30-31-27-21/h4-11H,12-13H2,1-3H3,(H,26,27,30,31). The van der Waals surface area contributed by atoms with Crippen molar-refractivity contribution in [1.82, 2.24) is 30.2 Å². The smallest absolute Gasteiger partial charge is 0.180 e. The normalized spacial score (nSPS) is 13.4. The molecule has 0 radical (unpaired) electrons. The number of aromatic amines is 1. The Labute approximate surface area is 207 Å².